The molecule has 3 aliphatic heterocycles. The Labute approximate surface area is 281 Å². The molecule has 2 aliphatic carbocycles. The van der Waals surface area contributed by atoms with Crippen LogP contribution in [-0.4, -0.2) is 54.6 Å². The molecule has 246 valence electrons. The van der Waals surface area contributed by atoms with Gasteiger partial charge < -0.3 is 9.29 Å². The maximum Gasteiger partial charge on any atom is 0.425 e. The number of rotatable bonds is 1. The van der Waals surface area contributed by atoms with E-state index in [9.17, 15) is 13.0 Å². The van der Waals surface area contributed by atoms with Gasteiger partial charge in [-0.3, -0.25) is 0 Å². The van der Waals surface area contributed by atoms with Gasteiger partial charge in [-0.2, -0.15) is 4.58 Å². The second-order valence-electron chi connectivity index (χ2n) is 14.5. The zero-order chi connectivity index (χ0) is 33.9. The minimum absolute atomic E-state index is 0.0759. The number of fused-ring (bicyclic) bond motifs is 12. The van der Waals surface area contributed by atoms with Crippen LogP contribution in [0.4, 0.5) is 5.69 Å². The van der Waals surface area contributed by atoms with Crippen LogP contribution in [0, 0.1) is 0 Å². The Hall–Kier alpha value is -3.96. The summed E-state index contributed by atoms with van der Waals surface area (Å²) in [4.78, 5) is -0.177. The van der Waals surface area contributed by atoms with Crippen LogP contribution in [0.25, 0.3) is 21.5 Å². The normalized spacial score (nSPS) is 24.4. The average molecular weight is 682 g/mol. The van der Waals surface area contributed by atoms with Crippen molar-refractivity contribution >= 4 is 53.7 Å². The van der Waals surface area contributed by atoms with Crippen molar-refractivity contribution in [2.24, 2.45) is 0 Å². The molecule has 0 spiro atoms. The standard InChI is InChI=1S/C38H35NO4S.O3S/c1-37(2)33-25-13-11-23(44(40,41)42)19-22(25)9-12-26(33)27-14-16-31-28(34(27)37)20-29-32(43-31)17-18-39-30-15-10-21-7-5-6-8-24(21)35(30)38(3,4)36(29)39;1-4(2)3/h5-13,15,19-20,27,31-32H,14,16-18H2,1-4H3;. The minimum atomic E-state index is -4.52. The van der Waals surface area contributed by atoms with Gasteiger partial charge in [0.05, 0.1) is 22.5 Å². The molecule has 0 fully saturated rings. The summed E-state index contributed by atoms with van der Waals surface area (Å²) in [6.07, 6.45) is 5.66. The molecule has 3 heterocycles. The van der Waals surface area contributed by atoms with Crippen LogP contribution in [0.15, 0.2) is 94.4 Å². The molecule has 0 aromatic heterocycles. The van der Waals surface area contributed by atoms with Crippen LogP contribution in [-0.2, 0) is 36.3 Å². The van der Waals surface area contributed by atoms with Gasteiger partial charge in [-0.1, -0.05) is 56.3 Å². The van der Waals surface area contributed by atoms with Crippen LogP contribution in [0.3, 0.4) is 0 Å². The number of hydrogen-bond acceptors (Lipinski definition) is 7. The highest BCUT2D eigenvalue weighted by Gasteiger charge is 2.55. The van der Waals surface area contributed by atoms with Gasteiger partial charge in [-0.25, -0.2) is 8.42 Å². The van der Waals surface area contributed by atoms with E-state index in [-0.39, 0.29) is 33.9 Å². The van der Waals surface area contributed by atoms with Gasteiger partial charge in [0, 0.05) is 35.0 Å². The lowest BCUT2D eigenvalue weighted by molar-refractivity contribution is -0.445. The van der Waals surface area contributed by atoms with Gasteiger partial charge in [0.25, 0.3) is 0 Å². The molecule has 0 N–H and O–H groups in total. The summed E-state index contributed by atoms with van der Waals surface area (Å²) in [5, 5.41) is 4.43. The molecule has 0 saturated carbocycles. The van der Waals surface area contributed by atoms with Gasteiger partial charge in [-0.05, 0) is 94.8 Å². The summed E-state index contributed by atoms with van der Waals surface area (Å²) in [7, 11) is -7.64. The van der Waals surface area contributed by atoms with E-state index >= 15 is 0 Å². The number of nitrogens with zero attached hydrogens (tertiary/aromatic N) is 1. The quantitative estimate of drug-likeness (QED) is 0.165. The molecule has 10 heteroatoms. The van der Waals surface area contributed by atoms with Gasteiger partial charge in [-0.15, -0.1) is 12.6 Å². The van der Waals surface area contributed by atoms with Gasteiger partial charge in [0.2, 0.25) is 5.69 Å². The molecule has 48 heavy (non-hydrogen) atoms. The fourth-order valence-electron chi connectivity index (χ4n) is 9.70. The maximum atomic E-state index is 11.8. The molecule has 0 bridgehead atoms. The molecule has 9 rings (SSSR count). The Morgan fingerprint density at radius 1 is 0.812 bits per heavy atom. The molecule has 0 saturated heterocycles. The first-order valence-electron chi connectivity index (χ1n) is 16.3. The van der Waals surface area contributed by atoms with Gasteiger partial charge >= 0.3 is 10.6 Å². The Morgan fingerprint density at radius 3 is 2.27 bits per heavy atom. The van der Waals surface area contributed by atoms with Crippen LogP contribution in [0.2, 0.25) is 0 Å². The Kier molecular flexibility index (Phi) is 6.86. The lowest BCUT2D eigenvalue weighted by Gasteiger charge is -2.41. The number of ether oxygens (including phenoxy) is 1. The van der Waals surface area contributed by atoms with Gasteiger partial charge in [0.15, 0.2) is 12.3 Å². The number of benzene rings is 4. The van der Waals surface area contributed by atoms with Crippen molar-refractivity contribution in [3.8, 4) is 0 Å². The van der Waals surface area contributed by atoms with Crippen LogP contribution in [0.1, 0.15) is 69.6 Å². The first kappa shape index (κ1) is 31.3. The Morgan fingerprint density at radius 2 is 1.52 bits per heavy atom. The third-order valence-electron chi connectivity index (χ3n) is 11.3. The van der Waals surface area contributed by atoms with Crippen molar-refractivity contribution in [2.75, 3.05) is 6.54 Å². The van der Waals surface area contributed by atoms with Crippen molar-refractivity contribution in [3.05, 3.63) is 106 Å². The van der Waals surface area contributed by atoms with E-state index < -0.39 is 20.7 Å². The first-order chi connectivity index (χ1) is 22.7. The summed E-state index contributed by atoms with van der Waals surface area (Å²) in [6.45, 7) is 10.3. The fraction of sp³-hybridized carbons (Fsp3) is 0.342. The molecule has 4 aromatic carbocycles. The van der Waals surface area contributed by atoms with Crippen LogP contribution < -0.4 is 0 Å². The van der Waals surface area contributed by atoms with E-state index in [0.717, 1.165) is 36.6 Å². The van der Waals surface area contributed by atoms with E-state index in [1.165, 1.54) is 67.7 Å². The lowest BCUT2D eigenvalue weighted by Crippen LogP contribution is -2.45. The fourth-order valence-corrected chi connectivity index (χ4v) is 10.2. The maximum absolute atomic E-state index is 11.8. The Balaban J connectivity index is 0.000000799. The van der Waals surface area contributed by atoms with Crippen LogP contribution in [0.5, 0.6) is 0 Å². The van der Waals surface area contributed by atoms with E-state index in [2.05, 4.69) is 80.8 Å². The van der Waals surface area contributed by atoms with E-state index in [0.29, 0.717) is 0 Å². The SMILES string of the molecule is CC1(C)C2=C3C=C4C5=[N+](CCC4OC3CCC2c2ccc3cc(S(=O)(=O)[O-])ccc3c21)c1ccc2ccccc2c1C5(C)C.O=S(=O)=O. The lowest BCUT2D eigenvalue weighted by atomic mass is 9.69. The van der Waals surface area contributed by atoms with Crippen LogP contribution >= 0.6 is 0 Å². The smallest absolute Gasteiger partial charge is 0.425 e. The predicted molar refractivity (Wildman–Crippen MR) is 182 cm³/mol. The molecule has 3 unspecified atom stereocenters. The Bertz CT molecular complexity index is 2430. The summed E-state index contributed by atoms with van der Waals surface area (Å²) in [5.74, 6) is 0.290. The summed E-state index contributed by atoms with van der Waals surface area (Å²) in [5.41, 5.74) is 10.3. The molecule has 0 amide bonds. The molecular formula is C38H35NO7S2. The average Bonchev–Trinajstić information content (AvgIpc) is 3.42. The van der Waals surface area contributed by atoms with Crippen molar-refractivity contribution in [1.82, 2.24) is 0 Å². The summed E-state index contributed by atoms with van der Waals surface area (Å²) in [6, 6.07) is 22.3. The summed E-state index contributed by atoms with van der Waals surface area (Å²) < 4.78 is 70.3. The third kappa shape index (κ3) is 4.46. The van der Waals surface area contributed by atoms with Crippen molar-refractivity contribution < 1.29 is 34.9 Å². The highest BCUT2D eigenvalue weighted by Crippen LogP contribution is 2.59. The number of hydrogen-bond donors (Lipinski definition) is 0. The number of allylic oxidation sites excluding steroid dienone is 1. The molecule has 5 aliphatic rings. The molecule has 8 nitrogen and oxygen atoms in total. The monoisotopic (exact) mass is 681 g/mol. The molecule has 0 radical (unpaired) electrons. The molecule has 4 aromatic rings. The zero-order valence-electron chi connectivity index (χ0n) is 27.1. The second-order valence-corrected chi connectivity index (χ2v) is 16.3. The van der Waals surface area contributed by atoms with E-state index in [1.54, 1.807) is 0 Å². The largest absolute Gasteiger partial charge is 0.744 e. The van der Waals surface area contributed by atoms with Crippen molar-refractivity contribution in [1.29, 1.82) is 0 Å². The van der Waals surface area contributed by atoms with Gasteiger partial charge in [0.1, 0.15) is 10.1 Å². The highest BCUT2D eigenvalue weighted by molar-refractivity contribution is 7.85. The highest BCUT2D eigenvalue weighted by atomic mass is 32.2. The molecular weight excluding hydrogens is 647 g/mol. The predicted octanol–water partition coefficient (Wildman–Crippen LogP) is 6.53. The zero-order valence-corrected chi connectivity index (χ0v) is 28.7. The van der Waals surface area contributed by atoms with Crippen molar-refractivity contribution in [2.45, 2.75) is 80.8 Å². The molecule has 3 atom stereocenters. The van der Waals surface area contributed by atoms with E-state index in [4.69, 9.17) is 17.4 Å². The van der Waals surface area contributed by atoms with Crippen molar-refractivity contribution in [3.63, 3.8) is 0 Å². The minimum Gasteiger partial charge on any atom is -0.744 e. The second kappa shape index (κ2) is 10.5. The third-order valence-corrected chi connectivity index (χ3v) is 12.1. The first-order valence-corrected chi connectivity index (χ1v) is 18.7. The topological polar surface area (TPSA) is 121 Å². The van der Waals surface area contributed by atoms with E-state index in [1.807, 2.05) is 12.1 Å². The summed E-state index contributed by atoms with van der Waals surface area (Å²) >= 11 is 0.